The minimum absolute atomic E-state index is 0.372. The quantitative estimate of drug-likeness (QED) is 0.436. The first-order valence-electron chi connectivity index (χ1n) is 10.7. The normalized spacial score (nSPS) is 28.3. The molecule has 5 heteroatoms. The molecule has 152 valence electrons. The van der Waals surface area contributed by atoms with Crippen LogP contribution in [0.5, 0.6) is 0 Å². The topological polar surface area (TPSA) is 55.4 Å². The smallest absolute Gasteiger partial charge is 0.0181 e. The predicted molar refractivity (Wildman–Crippen MR) is 111 cm³/mol. The Kier molecular flexibility index (Phi) is 7.49. The van der Waals surface area contributed by atoms with Crippen LogP contribution in [0.25, 0.3) is 0 Å². The van der Waals surface area contributed by atoms with Gasteiger partial charge < -0.3 is 9.45 Å². The Morgan fingerprint density at radius 3 is 2.67 bits per heavy atom. The van der Waals surface area contributed by atoms with Gasteiger partial charge in [0.05, 0.1) is 0 Å². The molecular weight excluding hydrogens is 356 g/mol. The van der Waals surface area contributed by atoms with E-state index in [0.29, 0.717) is 12.0 Å². The van der Waals surface area contributed by atoms with Gasteiger partial charge in [0.1, 0.15) is 0 Å². The van der Waals surface area contributed by atoms with Gasteiger partial charge in [-0.25, -0.2) is 4.72 Å². The summed E-state index contributed by atoms with van der Waals surface area (Å²) in [5, 5.41) is 0. The number of likely N-dealkylation sites (tertiary alicyclic amines) is 1. The van der Waals surface area contributed by atoms with Gasteiger partial charge in [-0.05, 0) is 55.2 Å². The number of nitrogens with one attached hydrogen (secondary N) is 1. The first kappa shape index (κ1) is 21.0. The van der Waals surface area contributed by atoms with Crippen molar-refractivity contribution in [2.24, 2.45) is 11.8 Å². The van der Waals surface area contributed by atoms with E-state index in [2.05, 4.69) is 47.7 Å². The lowest BCUT2D eigenvalue weighted by Crippen LogP contribution is -2.29. The Bertz CT molecular complexity index is 624. The molecule has 1 N–H and O–H groups in total. The van der Waals surface area contributed by atoms with Crippen molar-refractivity contribution in [3.8, 4) is 0 Å². The van der Waals surface area contributed by atoms with Crippen LogP contribution in [0.3, 0.4) is 0 Å². The molecule has 1 aliphatic heterocycles. The van der Waals surface area contributed by atoms with Gasteiger partial charge in [0.25, 0.3) is 0 Å². The summed E-state index contributed by atoms with van der Waals surface area (Å²) in [5.41, 5.74) is 3.27. The van der Waals surface area contributed by atoms with Crippen LogP contribution in [0, 0.1) is 11.8 Å². The standard InChI is InChI=1S/C22H36N2O2S/c1-3-4-5-8-14-24-16-20-21(17-24)22(20,2)19-12-9-11-18(15-19)10-6-7-13-23-27(25)26/h9,11-12,15,20-21,23H,3-8,10,13-14,16-17H2,1-2H3,(H,25,26)/p-1. The van der Waals surface area contributed by atoms with Gasteiger partial charge in [-0.15, -0.1) is 0 Å². The zero-order chi connectivity index (χ0) is 19.3. The van der Waals surface area contributed by atoms with Crippen LogP contribution in [0.2, 0.25) is 0 Å². The maximum atomic E-state index is 10.5. The van der Waals surface area contributed by atoms with E-state index in [4.69, 9.17) is 0 Å². The third-order valence-electron chi connectivity index (χ3n) is 6.82. The molecule has 3 unspecified atom stereocenters. The Morgan fingerprint density at radius 2 is 1.96 bits per heavy atom. The summed E-state index contributed by atoms with van der Waals surface area (Å²) < 4.78 is 23.4. The lowest BCUT2D eigenvalue weighted by atomic mass is 9.90. The summed E-state index contributed by atoms with van der Waals surface area (Å²) in [6, 6.07) is 9.14. The van der Waals surface area contributed by atoms with E-state index in [0.717, 1.165) is 31.1 Å². The van der Waals surface area contributed by atoms with E-state index in [-0.39, 0.29) is 0 Å². The number of nitrogens with zero attached hydrogens (tertiary/aromatic N) is 1. The van der Waals surface area contributed by atoms with Crippen LogP contribution in [0.1, 0.15) is 63.5 Å². The number of rotatable bonds is 12. The molecule has 1 aromatic rings. The van der Waals surface area contributed by atoms with Gasteiger partial charge >= 0.3 is 0 Å². The Labute approximate surface area is 167 Å². The van der Waals surface area contributed by atoms with Gasteiger partial charge in [-0.3, -0.25) is 4.21 Å². The highest BCUT2D eigenvalue weighted by Gasteiger charge is 2.65. The molecule has 0 spiro atoms. The van der Waals surface area contributed by atoms with Gasteiger partial charge in [0.15, 0.2) is 0 Å². The third-order valence-corrected chi connectivity index (χ3v) is 7.26. The number of benzene rings is 1. The molecule has 3 rings (SSSR count). The third kappa shape index (κ3) is 5.20. The van der Waals surface area contributed by atoms with Crippen LogP contribution < -0.4 is 4.72 Å². The Balaban J connectivity index is 1.45. The molecule has 1 aromatic carbocycles. The first-order chi connectivity index (χ1) is 13.1. The molecule has 2 aliphatic rings. The van der Waals surface area contributed by atoms with Crippen molar-refractivity contribution < 1.29 is 8.76 Å². The predicted octanol–water partition coefficient (Wildman–Crippen LogP) is 3.79. The minimum Gasteiger partial charge on any atom is -0.760 e. The van der Waals surface area contributed by atoms with Gasteiger partial charge in [0.2, 0.25) is 0 Å². The number of hydrogen-bond acceptors (Lipinski definition) is 3. The highest BCUT2D eigenvalue weighted by molar-refractivity contribution is 7.77. The summed E-state index contributed by atoms with van der Waals surface area (Å²) in [4.78, 5) is 2.68. The molecular formula is C22H35N2O2S-. The van der Waals surface area contributed by atoms with Crippen LogP contribution in [0.4, 0.5) is 0 Å². The van der Waals surface area contributed by atoms with E-state index >= 15 is 0 Å². The Hall–Kier alpha value is -0.750. The minimum atomic E-state index is -2.13. The number of unbranched alkanes of at least 4 members (excludes halogenated alkanes) is 4. The maximum Gasteiger partial charge on any atom is 0.0181 e. The number of hydrogen-bond donors (Lipinski definition) is 1. The molecule has 0 bridgehead atoms. The summed E-state index contributed by atoms with van der Waals surface area (Å²) in [6.07, 6.45) is 8.34. The van der Waals surface area contributed by atoms with Crippen molar-refractivity contribution in [3.05, 3.63) is 35.4 Å². The molecule has 3 atom stereocenters. The summed E-state index contributed by atoms with van der Waals surface area (Å²) in [6.45, 7) is 9.10. The van der Waals surface area contributed by atoms with Gasteiger partial charge in [0, 0.05) is 36.3 Å². The molecule has 1 heterocycles. The summed E-state index contributed by atoms with van der Waals surface area (Å²) in [5.74, 6) is 1.66. The van der Waals surface area contributed by atoms with Crippen molar-refractivity contribution in [1.82, 2.24) is 9.62 Å². The molecule has 0 radical (unpaired) electrons. The number of aryl methyl sites for hydroxylation is 1. The second-order valence-corrected chi connectivity index (χ2v) is 9.36. The zero-order valence-corrected chi connectivity index (χ0v) is 17.7. The monoisotopic (exact) mass is 391 g/mol. The number of fused-ring (bicyclic) bond motifs is 1. The van der Waals surface area contributed by atoms with Gasteiger partial charge in [-0.2, -0.15) is 0 Å². The van der Waals surface area contributed by atoms with E-state index < -0.39 is 11.3 Å². The highest BCUT2D eigenvalue weighted by atomic mass is 32.2. The Morgan fingerprint density at radius 1 is 1.19 bits per heavy atom. The second kappa shape index (κ2) is 9.64. The summed E-state index contributed by atoms with van der Waals surface area (Å²) >= 11 is -2.13. The first-order valence-corrected chi connectivity index (χ1v) is 11.8. The molecule has 1 aliphatic carbocycles. The van der Waals surface area contributed by atoms with Crippen molar-refractivity contribution in [2.45, 2.75) is 64.2 Å². The zero-order valence-electron chi connectivity index (χ0n) is 16.9. The molecule has 1 saturated heterocycles. The molecule has 0 amide bonds. The average Bonchev–Trinajstić information content (AvgIpc) is 3.01. The van der Waals surface area contributed by atoms with Crippen molar-refractivity contribution >= 4 is 11.3 Å². The lowest BCUT2D eigenvalue weighted by Gasteiger charge is -2.24. The van der Waals surface area contributed by atoms with Gasteiger partial charge in [-0.1, -0.05) is 57.4 Å². The summed E-state index contributed by atoms with van der Waals surface area (Å²) in [7, 11) is 0. The average molecular weight is 392 g/mol. The van der Waals surface area contributed by atoms with E-state index in [1.54, 1.807) is 0 Å². The maximum absolute atomic E-state index is 10.5. The highest BCUT2D eigenvalue weighted by Crippen LogP contribution is 2.63. The lowest BCUT2D eigenvalue weighted by molar-refractivity contribution is 0.271. The van der Waals surface area contributed by atoms with E-state index in [1.807, 2.05) is 0 Å². The SMILES string of the molecule is CCCCCCN1CC2C(C1)C2(C)c1cccc(CCCCNS(=O)[O-])c1. The molecule has 27 heavy (non-hydrogen) atoms. The largest absolute Gasteiger partial charge is 0.760 e. The van der Waals surface area contributed by atoms with Crippen LogP contribution in [-0.4, -0.2) is 39.8 Å². The molecule has 0 aromatic heterocycles. The molecule has 1 saturated carbocycles. The fraction of sp³-hybridized carbons (Fsp3) is 0.727. The van der Waals surface area contributed by atoms with Crippen molar-refractivity contribution in [1.29, 1.82) is 0 Å². The molecule has 2 fully saturated rings. The van der Waals surface area contributed by atoms with Crippen LogP contribution in [0.15, 0.2) is 24.3 Å². The van der Waals surface area contributed by atoms with Crippen LogP contribution >= 0.6 is 0 Å². The van der Waals surface area contributed by atoms with E-state index in [9.17, 15) is 8.76 Å². The van der Waals surface area contributed by atoms with Crippen molar-refractivity contribution in [2.75, 3.05) is 26.2 Å². The number of piperidine rings is 1. The van der Waals surface area contributed by atoms with Crippen LogP contribution in [-0.2, 0) is 23.1 Å². The molecule has 4 nitrogen and oxygen atoms in total. The fourth-order valence-corrected chi connectivity index (χ4v) is 5.32. The second-order valence-electron chi connectivity index (χ2n) is 8.60. The van der Waals surface area contributed by atoms with Crippen molar-refractivity contribution in [3.63, 3.8) is 0 Å². The fourth-order valence-electron chi connectivity index (χ4n) is 5.01. The van der Waals surface area contributed by atoms with E-state index in [1.165, 1.54) is 56.4 Å².